The Bertz CT molecular complexity index is 383. The van der Waals surface area contributed by atoms with Crippen molar-refractivity contribution in [3.8, 4) is 5.88 Å². The molecular formula is C12H20N4O. The van der Waals surface area contributed by atoms with Gasteiger partial charge in [0, 0.05) is 24.8 Å². The molecule has 1 aromatic heterocycles. The summed E-state index contributed by atoms with van der Waals surface area (Å²) < 4.78 is 5.13. The molecule has 0 aliphatic carbocycles. The van der Waals surface area contributed by atoms with E-state index in [1.54, 1.807) is 7.11 Å². The highest BCUT2D eigenvalue weighted by Gasteiger charge is 2.19. The number of nitrogens with one attached hydrogen (secondary N) is 1. The number of rotatable bonds is 4. The number of methoxy groups -OCH3 is 1. The number of hydrogen-bond donors (Lipinski definition) is 1. The highest BCUT2D eigenvalue weighted by molar-refractivity contribution is 5.30. The second kappa shape index (κ2) is 5.31. The summed E-state index contributed by atoms with van der Waals surface area (Å²) in [6.45, 7) is 5.20. The lowest BCUT2D eigenvalue weighted by molar-refractivity contribution is 0.395. The van der Waals surface area contributed by atoms with Crippen molar-refractivity contribution >= 4 is 5.95 Å². The van der Waals surface area contributed by atoms with E-state index < -0.39 is 0 Å². The zero-order valence-electron chi connectivity index (χ0n) is 10.7. The molecular weight excluding hydrogens is 216 g/mol. The minimum Gasteiger partial charge on any atom is -0.481 e. The van der Waals surface area contributed by atoms with Crippen molar-refractivity contribution < 1.29 is 4.74 Å². The molecule has 1 aliphatic heterocycles. The first-order chi connectivity index (χ1) is 8.17. The van der Waals surface area contributed by atoms with E-state index in [9.17, 15) is 0 Å². The quantitative estimate of drug-likeness (QED) is 0.850. The standard InChI is InChI=1S/C12H20N4O/c1-9-6-11(17-3)15-12(14-9)13-7-10-4-5-16(2)8-10/h6,10H,4-5,7-8H2,1-3H3,(H,13,14,15). The molecule has 2 heterocycles. The smallest absolute Gasteiger partial charge is 0.226 e. The van der Waals surface area contributed by atoms with E-state index in [0.717, 1.165) is 18.8 Å². The minimum atomic E-state index is 0.614. The average Bonchev–Trinajstić information content (AvgIpc) is 2.72. The highest BCUT2D eigenvalue weighted by Crippen LogP contribution is 2.16. The molecule has 0 bridgehead atoms. The van der Waals surface area contributed by atoms with Gasteiger partial charge in [-0.25, -0.2) is 4.98 Å². The number of nitrogens with zero attached hydrogens (tertiary/aromatic N) is 3. The van der Waals surface area contributed by atoms with Crippen LogP contribution in [0.5, 0.6) is 5.88 Å². The van der Waals surface area contributed by atoms with Gasteiger partial charge in [-0.15, -0.1) is 0 Å². The summed E-state index contributed by atoms with van der Waals surface area (Å²) in [5.41, 5.74) is 0.919. The summed E-state index contributed by atoms with van der Waals surface area (Å²) in [5, 5.41) is 3.29. The molecule has 1 N–H and O–H groups in total. The predicted molar refractivity (Wildman–Crippen MR) is 67.4 cm³/mol. The number of anilines is 1. The van der Waals surface area contributed by atoms with Crippen LogP contribution in [0.15, 0.2) is 6.07 Å². The maximum Gasteiger partial charge on any atom is 0.226 e. The van der Waals surface area contributed by atoms with Crippen molar-refractivity contribution in [2.24, 2.45) is 5.92 Å². The molecule has 1 aliphatic rings. The normalized spacial score (nSPS) is 20.5. The van der Waals surface area contributed by atoms with Gasteiger partial charge >= 0.3 is 0 Å². The number of aryl methyl sites for hydroxylation is 1. The molecule has 0 amide bonds. The monoisotopic (exact) mass is 236 g/mol. The third-order valence-corrected chi connectivity index (χ3v) is 3.08. The Kier molecular flexibility index (Phi) is 3.78. The Labute approximate surface area is 102 Å². The van der Waals surface area contributed by atoms with E-state index in [1.807, 2.05) is 13.0 Å². The van der Waals surface area contributed by atoms with Crippen LogP contribution in [0.2, 0.25) is 0 Å². The molecule has 0 aromatic carbocycles. The first-order valence-corrected chi connectivity index (χ1v) is 5.99. The third-order valence-electron chi connectivity index (χ3n) is 3.08. The zero-order valence-corrected chi connectivity index (χ0v) is 10.7. The lowest BCUT2D eigenvalue weighted by Gasteiger charge is -2.12. The van der Waals surface area contributed by atoms with Gasteiger partial charge in [0.05, 0.1) is 7.11 Å². The number of aromatic nitrogens is 2. The molecule has 1 saturated heterocycles. The molecule has 0 saturated carbocycles. The van der Waals surface area contributed by atoms with Crippen LogP contribution >= 0.6 is 0 Å². The van der Waals surface area contributed by atoms with Crippen LogP contribution in [0.4, 0.5) is 5.95 Å². The fourth-order valence-electron chi connectivity index (χ4n) is 2.15. The van der Waals surface area contributed by atoms with Crippen LogP contribution in [-0.4, -0.2) is 48.7 Å². The molecule has 5 nitrogen and oxygen atoms in total. The number of likely N-dealkylation sites (tertiary alicyclic amines) is 1. The van der Waals surface area contributed by atoms with Crippen LogP contribution in [0.3, 0.4) is 0 Å². The van der Waals surface area contributed by atoms with Crippen LogP contribution in [0, 0.1) is 12.8 Å². The van der Waals surface area contributed by atoms with Gasteiger partial charge in [0.25, 0.3) is 0 Å². The van der Waals surface area contributed by atoms with Gasteiger partial charge in [-0.1, -0.05) is 0 Å². The molecule has 17 heavy (non-hydrogen) atoms. The van der Waals surface area contributed by atoms with Gasteiger partial charge < -0.3 is 15.0 Å². The second-order valence-corrected chi connectivity index (χ2v) is 4.67. The summed E-state index contributed by atoms with van der Waals surface area (Å²) >= 11 is 0. The molecule has 94 valence electrons. The maximum atomic E-state index is 5.13. The molecule has 1 fully saturated rings. The Morgan fingerprint density at radius 2 is 2.35 bits per heavy atom. The van der Waals surface area contributed by atoms with Gasteiger partial charge in [-0.2, -0.15) is 4.98 Å². The van der Waals surface area contributed by atoms with Gasteiger partial charge in [-0.3, -0.25) is 0 Å². The van der Waals surface area contributed by atoms with Crippen LogP contribution in [0.1, 0.15) is 12.1 Å². The molecule has 0 radical (unpaired) electrons. The summed E-state index contributed by atoms with van der Waals surface area (Å²) in [6.07, 6.45) is 1.24. The first-order valence-electron chi connectivity index (χ1n) is 5.99. The zero-order chi connectivity index (χ0) is 12.3. The molecule has 0 spiro atoms. The van der Waals surface area contributed by atoms with Crippen molar-refractivity contribution in [2.75, 3.05) is 39.1 Å². The van der Waals surface area contributed by atoms with E-state index >= 15 is 0 Å². The number of hydrogen-bond acceptors (Lipinski definition) is 5. The molecule has 1 unspecified atom stereocenters. The van der Waals surface area contributed by atoms with E-state index in [1.165, 1.54) is 13.0 Å². The van der Waals surface area contributed by atoms with E-state index in [4.69, 9.17) is 4.74 Å². The third kappa shape index (κ3) is 3.30. The first kappa shape index (κ1) is 12.1. The van der Waals surface area contributed by atoms with Crippen LogP contribution in [0.25, 0.3) is 0 Å². The second-order valence-electron chi connectivity index (χ2n) is 4.67. The predicted octanol–water partition coefficient (Wildman–Crippen LogP) is 1.16. The lowest BCUT2D eigenvalue weighted by atomic mass is 10.1. The number of ether oxygens (including phenoxy) is 1. The summed E-state index contributed by atoms with van der Waals surface area (Å²) in [6, 6.07) is 1.83. The van der Waals surface area contributed by atoms with Crippen LogP contribution < -0.4 is 10.1 Å². The minimum absolute atomic E-state index is 0.614. The van der Waals surface area contributed by atoms with Crippen molar-refractivity contribution in [3.63, 3.8) is 0 Å². The Morgan fingerprint density at radius 1 is 1.53 bits per heavy atom. The van der Waals surface area contributed by atoms with Crippen molar-refractivity contribution in [3.05, 3.63) is 11.8 Å². The Balaban J connectivity index is 1.92. The lowest BCUT2D eigenvalue weighted by Crippen LogP contribution is -2.20. The van der Waals surface area contributed by atoms with Crippen LogP contribution in [-0.2, 0) is 0 Å². The van der Waals surface area contributed by atoms with E-state index in [2.05, 4.69) is 27.2 Å². The SMILES string of the molecule is COc1cc(C)nc(NCC2CCN(C)C2)n1. The average molecular weight is 236 g/mol. The summed E-state index contributed by atoms with van der Waals surface area (Å²) in [7, 11) is 3.78. The van der Waals surface area contributed by atoms with Crippen molar-refractivity contribution in [1.29, 1.82) is 0 Å². The van der Waals surface area contributed by atoms with E-state index in [-0.39, 0.29) is 0 Å². The van der Waals surface area contributed by atoms with E-state index in [0.29, 0.717) is 17.7 Å². The largest absolute Gasteiger partial charge is 0.481 e. The van der Waals surface area contributed by atoms with Gasteiger partial charge in [0.15, 0.2) is 0 Å². The fraction of sp³-hybridized carbons (Fsp3) is 0.667. The Hall–Kier alpha value is -1.36. The molecule has 1 atom stereocenters. The summed E-state index contributed by atoms with van der Waals surface area (Å²) in [5.74, 6) is 1.97. The Morgan fingerprint density at radius 3 is 3.00 bits per heavy atom. The molecule has 2 rings (SSSR count). The van der Waals surface area contributed by atoms with Crippen molar-refractivity contribution in [2.45, 2.75) is 13.3 Å². The highest BCUT2D eigenvalue weighted by atomic mass is 16.5. The fourth-order valence-corrected chi connectivity index (χ4v) is 2.15. The molecule has 1 aromatic rings. The van der Waals surface area contributed by atoms with Crippen molar-refractivity contribution in [1.82, 2.24) is 14.9 Å². The topological polar surface area (TPSA) is 50.3 Å². The maximum absolute atomic E-state index is 5.13. The summed E-state index contributed by atoms with van der Waals surface area (Å²) in [4.78, 5) is 11.0. The van der Waals surface area contributed by atoms with Gasteiger partial charge in [0.1, 0.15) is 0 Å². The van der Waals surface area contributed by atoms with Gasteiger partial charge in [-0.05, 0) is 32.9 Å². The van der Waals surface area contributed by atoms with Gasteiger partial charge in [0.2, 0.25) is 11.8 Å². The molecule has 5 heteroatoms.